The highest BCUT2D eigenvalue weighted by molar-refractivity contribution is 7.09. The maximum absolute atomic E-state index is 12.7. The van der Waals surface area contributed by atoms with Gasteiger partial charge in [-0.15, -0.1) is 11.3 Å². The van der Waals surface area contributed by atoms with Crippen LogP contribution in [0.5, 0.6) is 0 Å². The Morgan fingerprint density at radius 2 is 1.73 bits per heavy atom. The number of hydrogen-bond donors (Lipinski definition) is 3. The molecule has 0 spiro atoms. The number of alkyl halides is 3. The fourth-order valence-electron chi connectivity index (χ4n) is 3.03. The largest absolute Gasteiger partial charge is 0.416 e. The van der Waals surface area contributed by atoms with Crippen LogP contribution in [-0.2, 0) is 19.0 Å². The fraction of sp³-hybridized carbons (Fsp3) is 0.227. The summed E-state index contributed by atoms with van der Waals surface area (Å²) in [4.78, 5) is 13.5. The number of rotatable bonds is 8. The molecule has 1 atom stereocenters. The van der Waals surface area contributed by atoms with Crippen molar-refractivity contribution in [3.63, 3.8) is 0 Å². The van der Waals surface area contributed by atoms with Crippen molar-refractivity contribution in [1.82, 2.24) is 10.8 Å². The second-order valence-corrected chi connectivity index (χ2v) is 7.82. The molecule has 0 radical (unpaired) electrons. The Hall–Kier alpha value is -2.68. The number of thiophene rings is 1. The maximum Gasteiger partial charge on any atom is 0.416 e. The summed E-state index contributed by atoms with van der Waals surface area (Å²) in [6.07, 6.45) is -3.28. The number of hydrogen-bond acceptors (Lipinski definition) is 4. The van der Waals surface area contributed by atoms with E-state index in [9.17, 15) is 23.2 Å². The molecule has 1 amide bonds. The molecule has 1 heterocycles. The lowest BCUT2D eigenvalue weighted by molar-refractivity contribution is -0.137. The van der Waals surface area contributed by atoms with Crippen molar-refractivity contribution in [2.24, 2.45) is 0 Å². The van der Waals surface area contributed by atoms with Gasteiger partial charge >= 0.3 is 6.18 Å². The Morgan fingerprint density at radius 1 is 1.03 bits per heavy atom. The molecule has 0 aliphatic carbocycles. The van der Waals surface area contributed by atoms with E-state index in [0.717, 1.165) is 24.1 Å². The normalized spacial score (nSPS) is 12.5. The predicted molar refractivity (Wildman–Crippen MR) is 110 cm³/mol. The molecule has 2 aromatic carbocycles. The average molecular weight is 434 g/mol. The highest BCUT2D eigenvalue weighted by atomic mass is 32.1. The minimum atomic E-state index is -4.40. The van der Waals surface area contributed by atoms with Crippen molar-refractivity contribution in [1.29, 1.82) is 0 Å². The van der Waals surface area contributed by atoms with Gasteiger partial charge in [-0.1, -0.05) is 30.3 Å². The van der Waals surface area contributed by atoms with Gasteiger partial charge in [0.25, 0.3) is 5.91 Å². The van der Waals surface area contributed by atoms with Gasteiger partial charge in [-0.25, -0.2) is 0 Å². The standard InChI is InChI=1S/C22H21F3N2O2S/c23-22(24,25)18-9-7-16(8-10-18)20(27-29)14-15-3-5-17(6-4-15)21(28)26-12-11-19-2-1-13-30-19/h1-10,13,20,27,29H,11-12,14H2,(H,26,28). The Kier molecular flexibility index (Phi) is 7.25. The predicted octanol–water partition coefficient (Wildman–Crippen LogP) is 5.00. The first kappa shape index (κ1) is 22.0. The van der Waals surface area contributed by atoms with Crippen LogP contribution in [0.2, 0.25) is 0 Å². The molecule has 0 saturated carbocycles. The summed E-state index contributed by atoms with van der Waals surface area (Å²) in [6, 6.07) is 15.0. The van der Waals surface area contributed by atoms with Gasteiger partial charge in [0.2, 0.25) is 0 Å². The van der Waals surface area contributed by atoms with Gasteiger partial charge in [0.15, 0.2) is 0 Å². The average Bonchev–Trinajstić information content (AvgIpc) is 3.25. The molecule has 0 bridgehead atoms. The minimum Gasteiger partial charge on any atom is -0.352 e. The molecule has 4 nitrogen and oxygen atoms in total. The number of hydroxylamine groups is 1. The zero-order valence-electron chi connectivity index (χ0n) is 15.9. The highest BCUT2D eigenvalue weighted by Gasteiger charge is 2.30. The topological polar surface area (TPSA) is 61.4 Å². The fourth-order valence-corrected chi connectivity index (χ4v) is 3.74. The van der Waals surface area contributed by atoms with E-state index in [2.05, 4.69) is 10.8 Å². The van der Waals surface area contributed by atoms with Crippen LogP contribution in [-0.4, -0.2) is 17.7 Å². The summed E-state index contributed by atoms with van der Waals surface area (Å²) in [5.41, 5.74) is 3.29. The van der Waals surface area contributed by atoms with E-state index in [1.54, 1.807) is 35.6 Å². The Labute approximate surface area is 176 Å². The highest BCUT2D eigenvalue weighted by Crippen LogP contribution is 2.30. The molecule has 1 aromatic heterocycles. The lowest BCUT2D eigenvalue weighted by Crippen LogP contribution is -2.25. The van der Waals surface area contributed by atoms with E-state index in [1.807, 2.05) is 17.5 Å². The van der Waals surface area contributed by atoms with Crippen molar-refractivity contribution in [3.8, 4) is 0 Å². The van der Waals surface area contributed by atoms with Crippen LogP contribution in [0.4, 0.5) is 13.2 Å². The van der Waals surface area contributed by atoms with Gasteiger partial charge < -0.3 is 10.5 Å². The molecule has 0 fully saturated rings. The van der Waals surface area contributed by atoms with Crippen LogP contribution in [0.15, 0.2) is 66.0 Å². The van der Waals surface area contributed by atoms with E-state index in [-0.39, 0.29) is 5.91 Å². The van der Waals surface area contributed by atoms with Crippen molar-refractivity contribution in [2.75, 3.05) is 6.54 Å². The number of nitrogens with one attached hydrogen (secondary N) is 2. The molecule has 8 heteroatoms. The van der Waals surface area contributed by atoms with Gasteiger partial charge in [-0.3, -0.25) is 4.79 Å². The third-order valence-corrected chi connectivity index (χ3v) is 5.63. The van der Waals surface area contributed by atoms with E-state index >= 15 is 0 Å². The Morgan fingerprint density at radius 3 is 2.30 bits per heavy atom. The van der Waals surface area contributed by atoms with Crippen LogP contribution in [0.1, 0.15) is 38.0 Å². The molecule has 0 saturated heterocycles. The molecule has 158 valence electrons. The lowest BCUT2D eigenvalue weighted by atomic mass is 9.97. The lowest BCUT2D eigenvalue weighted by Gasteiger charge is -2.17. The molecule has 0 aliphatic heterocycles. The smallest absolute Gasteiger partial charge is 0.352 e. The number of carbonyl (C=O) groups is 1. The monoisotopic (exact) mass is 434 g/mol. The summed E-state index contributed by atoms with van der Waals surface area (Å²) >= 11 is 1.65. The summed E-state index contributed by atoms with van der Waals surface area (Å²) < 4.78 is 38.1. The number of halogens is 3. The van der Waals surface area contributed by atoms with E-state index in [1.165, 1.54) is 17.0 Å². The molecule has 3 aromatic rings. The third-order valence-electron chi connectivity index (χ3n) is 4.69. The quantitative estimate of drug-likeness (QED) is 0.437. The van der Waals surface area contributed by atoms with Crippen molar-refractivity contribution in [3.05, 3.63) is 93.2 Å². The summed E-state index contributed by atoms with van der Waals surface area (Å²) in [6.45, 7) is 0.547. The van der Waals surface area contributed by atoms with E-state index in [0.29, 0.717) is 24.1 Å². The molecule has 1 unspecified atom stereocenters. The van der Waals surface area contributed by atoms with Crippen LogP contribution < -0.4 is 10.8 Å². The Bertz CT molecular complexity index is 940. The zero-order chi connectivity index (χ0) is 21.6. The molecule has 3 N–H and O–H groups in total. The second-order valence-electron chi connectivity index (χ2n) is 6.79. The van der Waals surface area contributed by atoms with Crippen molar-refractivity contribution >= 4 is 17.2 Å². The summed E-state index contributed by atoms with van der Waals surface area (Å²) in [7, 11) is 0. The van der Waals surface area contributed by atoms with Gasteiger partial charge in [0, 0.05) is 17.0 Å². The van der Waals surface area contributed by atoms with Crippen LogP contribution in [0, 0.1) is 0 Å². The first-order valence-corrected chi connectivity index (χ1v) is 10.2. The van der Waals surface area contributed by atoms with E-state index in [4.69, 9.17) is 0 Å². The van der Waals surface area contributed by atoms with Gasteiger partial charge in [-0.05, 0) is 59.7 Å². The number of benzene rings is 2. The van der Waals surface area contributed by atoms with Crippen molar-refractivity contribution in [2.45, 2.75) is 25.1 Å². The van der Waals surface area contributed by atoms with Gasteiger partial charge in [0.05, 0.1) is 11.6 Å². The van der Waals surface area contributed by atoms with Crippen LogP contribution in [0.3, 0.4) is 0 Å². The number of amides is 1. The molecular formula is C22H21F3N2O2S. The van der Waals surface area contributed by atoms with E-state index < -0.39 is 17.8 Å². The summed E-state index contributed by atoms with van der Waals surface area (Å²) in [5.74, 6) is -0.169. The summed E-state index contributed by atoms with van der Waals surface area (Å²) in [5, 5.41) is 14.3. The van der Waals surface area contributed by atoms with Gasteiger partial charge in [-0.2, -0.15) is 18.7 Å². The molecular weight excluding hydrogens is 413 g/mol. The zero-order valence-corrected chi connectivity index (χ0v) is 16.8. The van der Waals surface area contributed by atoms with Crippen LogP contribution >= 0.6 is 11.3 Å². The second kappa shape index (κ2) is 9.88. The van der Waals surface area contributed by atoms with Crippen molar-refractivity contribution < 1.29 is 23.2 Å². The first-order valence-electron chi connectivity index (χ1n) is 9.33. The third kappa shape index (κ3) is 5.91. The first-order chi connectivity index (χ1) is 14.4. The van der Waals surface area contributed by atoms with Crippen LogP contribution in [0.25, 0.3) is 0 Å². The SMILES string of the molecule is O=C(NCCc1cccs1)c1ccc(CC(NO)c2ccc(C(F)(F)F)cc2)cc1. The molecule has 3 rings (SSSR count). The maximum atomic E-state index is 12.7. The van der Waals surface area contributed by atoms with Gasteiger partial charge in [0.1, 0.15) is 0 Å². The Balaban J connectivity index is 1.57. The molecule has 30 heavy (non-hydrogen) atoms. The molecule has 0 aliphatic rings. The number of carbonyl (C=O) groups excluding carboxylic acids is 1. The minimum absolute atomic E-state index is 0.169.